The number of methoxy groups -OCH3 is 1. The number of esters is 2. The van der Waals surface area contributed by atoms with Crippen LogP contribution in [0.3, 0.4) is 0 Å². The predicted octanol–water partition coefficient (Wildman–Crippen LogP) is 4.56. The molecule has 8 heteroatoms. The first-order valence-electron chi connectivity index (χ1n) is 10.1. The SMILES string of the molecule is COC(=O)[C@H]1C(=O)C2=C(C[C@@H]1C)NC(C)=C(C(=O)OC(C)C)[C@@H]2c1ccc(Cl)c(Cl)c1. The third kappa shape index (κ3) is 4.37. The first-order chi connectivity index (χ1) is 14.6. The molecule has 0 saturated heterocycles. The number of carbonyl (C=O) groups excluding carboxylic acids is 3. The third-order valence-corrected chi connectivity index (χ3v) is 6.32. The van der Waals surface area contributed by atoms with E-state index in [0.29, 0.717) is 44.6 Å². The first kappa shape index (κ1) is 23.4. The molecule has 31 heavy (non-hydrogen) atoms. The number of rotatable bonds is 4. The molecule has 3 atom stereocenters. The Labute approximate surface area is 191 Å². The van der Waals surface area contributed by atoms with E-state index in [1.165, 1.54) is 7.11 Å². The number of dihydropyridines is 1. The van der Waals surface area contributed by atoms with Crippen molar-refractivity contribution in [1.82, 2.24) is 5.32 Å². The van der Waals surface area contributed by atoms with Gasteiger partial charge in [-0.05, 0) is 50.8 Å². The van der Waals surface area contributed by atoms with Gasteiger partial charge in [-0.25, -0.2) is 4.79 Å². The van der Waals surface area contributed by atoms with Crippen molar-refractivity contribution >= 4 is 40.9 Å². The lowest BCUT2D eigenvalue weighted by Crippen LogP contribution is -2.43. The molecular formula is C23H25Cl2NO5. The van der Waals surface area contributed by atoms with Crippen molar-refractivity contribution in [1.29, 1.82) is 0 Å². The van der Waals surface area contributed by atoms with Gasteiger partial charge in [-0.2, -0.15) is 0 Å². The van der Waals surface area contributed by atoms with Crippen molar-refractivity contribution in [2.75, 3.05) is 7.11 Å². The maximum Gasteiger partial charge on any atom is 0.337 e. The summed E-state index contributed by atoms with van der Waals surface area (Å²) in [6.45, 7) is 7.11. The molecule has 1 N–H and O–H groups in total. The Morgan fingerprint density at radius 1 is 1.19 bits per heavy atom. The van der Waals surface area contributed by atoms with Gasteiger partial charge in [0.15, 0.2) is 5.78 Å². The van der Waals surface area contributed by atoms with Gasteiger partial charge in [0.25, 0.3) is 0 Å². The van der Waals surface area contributed by atoms with Gasteiger partial charge in [0.2, 0.25) is 0 Å². The molecule has 166 valence electrons. The van der Waals surface area contributed by atoms with Gasteiger partial charge in [-0.1, -0.05) is 36.2 Å². The molecule has 0 amide bonds. The fraction of sp³-hybridized carbons (Fsp3) is 0.435. The third-order valence-electron chi connectivity index (χ3n) is 5.58. The second-order valence-electron chi connectivity index (χ2n) is 8.16. The summed E-state index contributed by atoms with van der Waals surface area (Å²) in [4.78, 5) is 39.0. The number of ether oxygens (including phenoxy) is 2. The number of hydrogen-bond acceptors (Lipinski definition) is 6. The van der Waals surface area contributed by atoms with Crippen LogP contribution < -0.4 is 5.32 Å². The molecule has 0 fully saturated rings. The number of carbonyl (C=O) groups is 3. The van der Waals surface area contributed by atoms with E-state index in [2.05, 4.69) is 5.32 Å². The summed E-state index contributed by atoms with van der Waals surface area (Å²) in [5.74, 6) is -3.44. The van der Waals surface area contributed by atoms with Gasteiger partial charge in [-0.3, -0.25) is 9.59 Å². The highest BCUT2D eigenvalue weighted by Crippen LogP contribution is 2.46. The van der Waals surface area contributed by atoms with Crippen LogP contribution in [0.4, 0.5) is 0 Å². The zero-order chi connectivity index (χ0) is 23.0. The molecule has 0 unspecified atom stereocenters. The first-order valence-corrected chi connectivity index (χ1v) is 10.8. The Bertz CT molecular complexity index is 1010. The van der Waals surface area contributed by atoms with Gasteiger partial charge < -0.3 is 14.8 Å². The molecule has 3 rings (SSSR count). The minimum atomic E-state index is -0.948. The normalized spacial score (nSPS) is 23.5. The Morgan fingerprint density at radius 2 is 1.87 bits per heavy atom. The monoisotopic (exact) mass is 465 g/mol. The fourth-order valence-electron chi connectivity index (χ4n) is 4.25. The summed E-state index contributed by atoms with van der Waals surface area (Å²) < 4.78 is 10.4. The molecule has 1 aliphatic heterocycles. The molecule has 1 aromatic rings. The van der Waals surface area contributed by atoms with E-state index in [4.69, 9.17) is 32.7 Å². The van der Waals surface area contributed by atoms with E-state index in [1.54, 1.807) is 39.0 Å². The summed E-state index contributed by atoms with van der Waals surface area (Å²) >= 11 is 12.4. The second-order valence-corrected chi connectivity index (χ2v) is 8.98. The highest BCUT2D eigenvalue weighted by molar-refractivity contribution is 6.42. The van der Waals surface area contributed by atoms with E-state index in [0.717, 1.165) is 0 Å². The van der Waals surface area contributed by atoms with Crippen LogP contribution in [-0.2, 0) is 23.9 Å². The molecule has 1 aliphatic carbocycles. The van der Waals surface area contributed by atoms with Crippen molar-refractivity contribution in [3.63, 3.8) is 0 Å². The largest absolute Gasteiger partial charge is 0.468 e. The molecule has 2 aliphatic rings. The van der Waals surface area contributed by atoms with Crippen molar-refractivity contribution in [3.05, 3.63) is 56.3 Å². The van der Waals surface area contributed by atoms with Crippen LogP contribution in [0.2, 0.25) is 10.0 Å². The van der Waals surface area contributed by atoms with Crippen LogP contribution >= 0.6 is 23.2 Å². The average molecular weight is 466 g/mol. The lowest BCUT2D eigenvalue weighted by Gasteiger charge is -2.38. The minimum absolute atomic E-state index is 0.252. The molecule has 0 spiro atoms. The molecule has 1 aromatic carbocycles. The standard InChI is InChI=1S/C23H25Cl2NO5/c1-10(2)31-23(29)18-12(4)26-16-8-11(3)17(22(28)30-5)21(27)20(16)19(18)13-6-7-14(24)15(25)9-13/h6-7,9-11,17,19,26H,8H2,1-5H3/t11-,17+,19-/m0/s1. The lowest BCUT2D eigenvalue weighted by atomic mass is 9.69. The van der Waals surface area contributed by atoms with Crippen LogP contribution in [0.15, 0.2) is 40.7 Å². The quantitative estimate of drug-likeness (QED) is 0.518. The van der Waals surface area contributed by atoms with E-state index >= 15 is 0 Å². The minimum Gasteiger partial charge on any atom is -0.468 e. The number of Topliss-reactive ketones (excluding diaryl/α,β-unsaturated/α-hetero) is 1. The summed E-state index contributed by atoms with van der Waals surface area (Å²) in [5.41, 5.74) is 2.56. The van der Waals surface area contributed by atoms with Crippen molar-refractivity contribution < 1.29 is 23.9 Å². The zero-order valence-electron chi connectivity index (χ0n) is 18.0. The summed E-state index contributed by atoms with van der Waals surface area (Å²) in [5, 5.41) is 3.87. The molecule has 0 radical (unpaired) electrons. The molecule has 0 aromatic heterocycles. The number of benzene rings is 1. The summed E-state index contributed by atoms with van der Waals surface area (Å²) in [6.07, 6.45) is 0.116. The maximum atomic E-state index is 13.6. The Hall–Kier alpha value is -2.31. The van der Waals surface area contributed by atoms with E-state index in [-0.39, 0.29) is 17.8 Å². The average Bonchev–Trinajstić information content (AvgIpc) is 2.68. The summed E-state index contributed by atoms with van der Waals surface area (Å²) in [7, 11) is 1.26. The number of allylic oxidation sites excluding steroid dienone is 3. The van der Waals surface area contributed by atoms with Crippen LogP contribution in [0.25, 0.3) is 0 Å². The van der Waals surface area contributed by atoms with Crippen LogP contribution in [-0.4, -0.2) is 30.9 Å². The van der Waals surface area contributed by atoms with E-state index in [9.17, 15) is 14.4 Å². The summed E-state index contributed by atoms with van der Waals surface area (Å²) in [6, 6.07) is 4.98. The van der Waals surface area contributed by atoms with Gasteiger partial charge in [0.05, 0.1) is 28.8 Å². The van der Waals surface area contributed by atoms with Gasteiger partial charge >= 0.3 is 11.9 Å². The van der Waals surface area contributed by atoms with Crippen molar-refractivity contribution in [3.8, 4) is 0 Å². The van der Waals surface area contributed by atoms with Crippen LogP contribution in [0.5, 0.6) is 0 Å². The van der Waals surface area contributed by atoms with E-state index in [1.807, 2.05) is 6.92 Å². The Kier molecular flexibility index (Phi) is 6.82. The number of ketones is 1. The molecular weight excluding hydrogens is 441 g/mol. The van der Waals surface area contributed by atoms with Gasteiger partial charge in [-0.15, -0.1) is 0 Å². The second kappa shape index (κ2) is 9.05. The number of nitrogens with one attached hydrogen (secondary N) is 1. The van der Waals surface area contributed by atoms with Crippen molar-refractivity contribution in [2.45, 2.75) is 46.1 Å². The smallest absolute Gasteiger partial charge is 0.337 e. The Balaban J connectivity index is 2.21. The maximum absolute atomic E-state index is 13.6. The molecule has 6 nitrogen and oxygen atoms in total. The zero-order valence-corrected chi connectivity index (χ0v) is 19.6. The highest BCUT2D eigenvalue weighted by Gasteiger charge is 2.47. The lowest BCUT2D eigenvalue weighted by molar-refractivity contribution is -0.151. The van der Waals surface area contributed by atoms with Crippen LogP contribution in [0.1, 0.15) is 45.6 Å². The molecule has 1 heterocycles. The van der Waals surface area contributed by atoms with Gasteiger partial charge in [0, 0.05) is 22.9 Å². The fourth-order valence-corrected chi connectivity index (χ4v) is 4.56. The highest BCUT2D eigenvalue weighted by atomic mass is 35.5. The molecule has 0 bridgehead atoms. The van der Waals surface area contributed by atoms with Gasteiger partial charge in [0.1, 0.15) is 5.92 Å². The topological polar surface area (TPSA) is 81.7 Å². The number of halogens is 2. The Morgan fingerprint density at radius 3 is 2.45 bits per heavy atom. The predicted molar refractivity (Wildman–Crippen MR) is 118 cm³/mol. The number of hydrogen-bond donors (Lipinski definition) is 1. The van der Waals surface area contributed by atoms with E-state index < -0.39 is 23.8 Å². The van der Waals surface area contributed by atoms with Crippen molar-refractivity contribution in [2.24, 2.45) is 11.8 Å². The molecule has 0 saturated carbocycles. The van der Waals surface area contributed by atoms with Crippen LogP contribution in [0, 0.1) is 11.8 Å².